The summed E-state index contributed by atoms with van der Waals surface area (Å²) in [5, 5.41) is 20.1. The van der Waals surface area contributed by atoms with Crippen molar-refractivity contribution >= 4 is 35.1 Å². The molecule has 120 valence electrons. The quantitative estimate of drug-likeness (QED) is 0.344. The standard InChI is InChI=1S/2C6H8O4.Pd/c2*1-3(7)5(4(2)8)6(9)10;/h2*5H,1-2H3,(H,9,10);/q;;+2/p-2. The first-order chi connectivity index (χ1) is 8.93. The van der Waals surface area contributed by atoms with Gasteiger partial charge < -0.3 is 19.8 Å². The van der Waals surface area contributed by atoms with Gasteiger partial charge in [-0.3, -0.25) is 19.2 Å². The maximum atomic E-state index is 10.4. The van der Waals surface area contributed by atoms with Gasteiger partial charge in [-0.2, -0.15) is 0 Å². The predicted molar refractivity (Wildman–Crippen MR) is 59.7 cm³/mol. The number of aliphatic carboxylic acids is 2. The molecule has 0 atom stereocenters. The summed E-state index contributed by atoms with van der Waals surface area (Å²) in [5.41, 5.74) is 0. The molecule has 0 aromatic heterocycles. The molecule has 21 heavy (non-hydrogen) atoms. The average molecular weight is 393 g/mol. The fourth-order valence-corrected chi connectivity index (χ4v) is 1.24. The molecule has 0 amide bonds. The second kappa shape index (κ2) is 11.0. The van der Waals surface area contributed by atoms with E-state index in [1.807, 2.05) is 0 Å². The van der Waals surface area contributed by atoms with Gasteiger partial charge in [0.25, 0.3) is 0 Å². The molecule has 0 aromatic carbocycles. The summed E-state index contributed by atoms with van der Waals surface area (Å²) in [4.78, 5) is 61.6. The van der Waals surface area contributed by atoms with Crippen molar-refractivity contribution in [2.45, 2.75) is 27.7 Å². The van der Waals surface area contributed by atoms with Gasteiger partial charge in [-0.25, -0.2) is 0 Å². The molecule has 0 heterocycles. The first-order valence-electron chi connectivity index (χ1n) is 5.37. The van der Waals surface area contributed by atoms with Gasteiger partial charge in [0.15, 0.2) is 0 Å². The van der Waals surface area contributed by atoms with Gasteiger partial charge in [0.1, 0.15) is 35.0 Å². The number of Topliss-reactive ketones (excluding diaryl/α,β-unsaturated/α-hetero) is 4. The summed E-state index contributed by atoms with van der Waals surface area (Å²) in [6.07, 6.45) is 0. The Hall–Kier alpha value is -1.72. The Balaban J connectivity index is -0.000000295. The van der Waals surface area contributed by atoms with Crippen molar-refractivity contribution in [3.63, 3.8) is 0 Å². The largest absolute Gasteiger partial charge is 2.00 e. The van der Waals surface area contributed by atoms with Crippen LogP contribution in [0.25, 0.3) is 0 Å². The van der Waals surface area contributed by atoms with Crippen molar-refractivity contribution in [2.75, 3.05) is 0 Å². The van der Waals surface area contributed by atoms with Gasteiger partial charge in [-0.05, 0) is 27.7 Å². The summed E-state index contributed by atoms with van der Waals surface area (Å²) in [7, 11) is 0. The normalized spacial score (nSPS) is 9.05. The minimum Gasteiger partial charge on any atom is -0.549 e. The van der Waals surface area contributed by atoms with E-state index in [1.54, 1.807) is 0 Å². The zero-order chi connectivity index (χ0) is 16.6. The molecule has 0 saturated heterocycles. The van der Waals surface area contributed by atoms with E-state index in [1.165, 1.54) is 0 Å². The molecule has 0 aliphatic rings. The van der Waals surface area contributed by atoms with Crippen molar-refractivity contribution in [3.8, 4) is 0 Å². The third kappa shape index (κ3) is 9.76. The Labute approximate surface area is 134 Å². The molecule has 8 nitrogen and oxygen atoms in total. The maximum absolute atomic E-state index is 10.4. The van der Waals surface area contributed by atoms with Gasteiger partial charge in [0.2, 0.25) is 0 Å². The van der Waals surface area contributed by atoms with Crippen molar-refractivity contribution in [1.82, 2.24) is 0 Å². The van der Waals surface area contributed by atoms with Crippen LogP contribution in [0.4, 0.5) is 0 Å². The molecular formula is C12H14O8Pd. The van der Waals surface area contributed by atoms with Crippen LogP contribution in [0.15, 0.2) is 0 Å². The fraction of sp³-hybridized carbons (Fsp3) is 0.500. The molecule has 0 unspecified atom stereocenters. The number of carboxylic acids is 2. The molecule has 9 heteroatoms. The molecule has 0 rings (SSSR count). The van der Waals surface area contributed by atoms with Gasteiger partial charge in [-0.15, -0.1) is 0 Å². The third-order valence-electron chi connectivity index (χ3n) is 2.10. The van der Waals surface area contributed by atoms with Crippen LogP contribution in [0.5, 0.6) is 0 Å². The zero-order valence-electron chi connectivity index (χ0n) is 11.7. The predicted octanol–water partition coefficient (Wildman–Crippen LogP) is -2.94. The molecule has 0 fully saturated rings. The molecule has 0 aliphatic carbocycles. The molecule has 0 bridgehead atoms. The third-order valence-corrected chi connectivity index (χ3v) is 2.10. The van der Waals surface area contributed by atoms with Crippen molar-refractivity contribution in [3.05, 3.63) is 0 Å². The molecule has 0 saturated carbocycles. The maximum Gasteiger partial charge on any atom is 2.00 e. The van der Waals surface area contributed by atoms with Crippen LogP contribution in [0.1, 0.15) is 27.7 Å². The van der Waals surface area contributed by atoms with E-state index in [0.29, 0.717) is 0 Å². The van der Waals surface area contributed by atoms with E-state index in [9.17, 15) is 39.0 Å². The Morgan fingerprint density at radius 2 is 0.714 bits per heavy atom. The minimum atomic E-state index is -1.62. The Morgan fingerprint density at radius 3 is 0.714 bits per heavy atom. The number of carbonyl (C=O) groups excluding carboxylic acids is 6. The van der Waals surface area contributed by atoms with E-state index in [0.717, 1.165) is 27.7 Å². The fourth-order valence-electron chi connectivity index (χ4n) is 1.24. The molecule has 0 spiro atoms. The number of carbonyl (C=O) groups is 6. The summed E-state index contributed by atoms with van der Waals surface area (Å²) in [6, 6.07) is 0. The van der Waals surface area contributed by atoms with E-state index >= 15 is 0 Å². The van der Waals surface area contributed by atoms with E-state index < -0.39 is 46.9 Å². The van der Waals surface area contributed by atoms with Gasteiger partial charge in [0, 0.05) is 0 Å². The van der Waals surface area contributed by atoms with Crippen LogP contribution in [0.2, 0.25) is 0 Å². The van der Waals surface area contributed by atoms with E-state index in [2.05, 4.69) is 0 Å². The Bertz CT molecular complexity index is 346. The number of ketones is 4. The topological polar surface area (TPSA) is 149 Å². The number of hydrogen-bond acceptors (Lipinski definition) is 8. The summed E-state index contributed by atoms with van der Waals surface area (Å²) < 4.78 is 0. The van der Waals surface area contributed by atoms with Crippen molar-refractivity contribution in [1.29, 1.82) is 0 Å². The minimum absolute atomic E-state index is 0. The average Bonchev–Trinajstić information content (AvgIpc) is 2.12. The van der Waals surface area contributed by atoms with Crippen LogP contribution < -0.4 is 10.2 Å². The molecular weight excluding hydrogens is 379 g/mol. The zero-order valence-corrected chi connectivity index (χ0v) is 13.3. The number of rotatable bonds is 6. The smallest absolute Gasteiger partial charge is 0.549 e. The monoisotopic (exact) mass is 392 g/mol. The number of carboxylic acid groups (broad SMARTS) is 2. The second-order valence-corrected chi connectivity index (χ2v) is 3.95. The van der Waals surface area contributed by atoms with Crippen LogP contribution in [0.3, 0.4) is 0 Å². The van der Waals surface area contributed by atoms with E-state index in [4.69, 9.17) is 0 Å². The first-order valence-corrected chi connectivity index (χ1v) is 5.37. The van der Waals surface area contributed by atoms with Crippen molar-refractivity contribution in [2.24, 2.45) is 11.8 Å². The first kappa shape index (κ1) is 24.3. The number of hydrogen-bond donors (Lipinski definition) is 0. The van der Waals surface area contributed by atoms with Crippen molar-refractivity contribution < 1.29 is 59.4 Å². The SMILES string of the molecule is CC(=O)C(C(C)=O)C(=O)[O-].CC(=O)C(C(C)=O)C(=O)[O-].[Pd+2]. The van der Waals surface area contributed by atoms with E-state index in [-0.39, 0.29) is 20.4 Å². The van der Waals surface area contributed by atoms with Crippen LogP contribution in [-0.2, 0) is 49.2 Å². The summed E-state index contributed by atoms with van der Waals surface area (Å²) in [6.45, 7) is 4.17. The van der Waals surface area contributed by atoms with Gasteiger partial charge in [-0.1, -0.05) is 0 Å². The molecule has 0 radical (unpaired) electrons. The second-order valence-electron chi connectivity index (χ2n) is 3.95. The Morgan fingerprint density at radius 1 is 0.571 bits per heavy atom. The molecule has 0 aliphatic heterocycles. The van der Waals surface area contributed by atoms with Crippen LogP contribution in [-0.4, -0.2) is 35.1 Å². The molecule has 0 N–H and O–H groups in total. The molecule has 0 aromatic rings. The summed E-state index contributed by atoms with van der Waals surface area (Å²) in [5.74, 6) is -9.17. The summed E-state index contributed by atoms with van der Waals surface area (Å²) >= 11 is 0. The van der Waals surface area contributed by atoms with Crippen LogP contribution >= 0.6 is 0 Å². The Kier molecular flexibility index (Phi) is 12.7. The van der Waals surface area contributed by atoms with Crippen LogP contribution in [0, 0.1) is 11.8 Å². The van der Waals surface area contributed by atoms with Gasteiger partial charge in [0.05, 0.1) is 11.9 Å². The van der Waals surface area contributed by atoms with Gasteiger partial charge >= 0.3 is 20.4 Å².